The van der Waals surface area contributed by atoms with Gasteiger partial charge in [-0.3, -0.25) is 0 Å². The van der Waals surface area contributed by atoms with Crippen LogP contribution in [0, 0.1) is 5.82 Å². The van der Waals surface area contributed by atoms with Gasteiger partial charge in [-0.25, -0.2) is 24.1 Å². The Bertz CT molecular complexity index is 1190. The van der Waals surface area contributed by atoms with Crippen LogP contribution in [0.1, 0.15) is 20.8 Å². The Labute approximate surface area is 166 Å². The first-order chi connectivity index (χ1) is 13.8. The number of aromatic nitrogens is 5. The van der Waals surface area contributed by atoms with Gasteiger partial charge in [0.15, 0.2) is 0 Å². The summed E-state index contributed by atoms with van der Waals surface area (Å²) in [5.74, 6) is -0.403. The lowest BCUT2D eigenvalue weighted by atomic mass is 10.1. The zero-order chi connectivity index (χ0) is 20.6. The van der Waals surface area contributed by atoms with E-state index in [1.165, 1.54) is 18.6 Å². The summed E-state index contributed by atoms with van der Waals surface area (Å²) in [6.07, 6.45) is 7.62. The fourth-order valence-corrected chi connectivity index (χ4v) is 3.21. The molecule has 8 nitrogen and oxygen atoms in total. The van der Waals surface area contributed by atoms with Crippen molar-refractivity contribution in [1.29, 1.82) is 0 Å². The summed E-state index contributed by atoms with van der Waals surface area (Å²) >= 11 is 0. The molecule has 0 aliphatic rings. The number of carbonyl (C=O) groups excluding carboxylic acids is 1. The van der Waals surface area contributed by atoms with Crippen molar-refractivity contribution in [1.82, 2.24) is 29.8 Å². The first-order valence-corrected chi connectivity index (χ1v) is 9.20. The van der Waals surface area contributed by atoms with Gasteiger partial charge in [-0.15, -0.1) is 0 Å². The van der Waals surface area contributed by atoms with E-state index >= 15 is 0 Å². The highest BCUT2D eigenvalue weighted by Gasteiger charge is 2.17. The maximum atomic E-state index is 13.7. The summed E-state index contributed by atoms with van der Waals surface area (Å²) < 4.78 is 20.9. The van der Waals surface area contributed by atoms with E-state index < -0.39 is 17.5 Å². The quantitative estimate of drug-likeness (QED) is 0.549. The van der Waals surface area contributed by atoms with E-state index in [1.807, 2.05) is 31.5 Å². The molecule has 0 bridgehead atoms. The minimum Gasteiger partial charge on any atom is -0.444 e. The molecule has 0 fully saturated rings. The molecule has 4 rings (SSSR count). The fraction of sp³-hybridized carbons (Fsp3) is 0.300. The number of nitrogens with one attached hydrogen (secondary N) is 2. The van der Waals surface area contributed by atoms with Crippen LogP contribution in [0.2, 0.25) is 0 Å². The number of rotatable bonds is 4. The zero-order valence-corrected chi connectivity index (χ0v) is 16.4. The number of carbonyl (C=O) groups is 1. The number of halogens is 1. The molecule has 4 heterocycles. The smallest absolute Gasteiger partial charge is 0.407 e. The molecule has 0 saturated heterocycles. The summed E-state index contributed by atoms with van der Waals surface area (Å²) in [7, 11) is 0. The molecular weight excluding hydrogens is 375 g/mol. The Hall–Kier alpha value is -3.49. The monoisotopic (exact) mass is 396 g/mol. The van der Waals surface area contributed by atoms with Crippen molar-refractivity contribution in [2.45, 2.75) is 32.9 Å². The van der Waals surface area contributed by atoms with Gasteiger partial charge in [0.1, 0.15) is 29.0 Å². The van der Waals surface area contributed by atoms with E-state index in [1.54, 1.807) is 12.4 Å². The highest BCUT2D eigenvalue weighted by atomic mass is 19.1. The summed E-state index contributed by atoms with van der Waals surface area (Å²) in [5, 5.41) is 4.25. The number of amides is 1. The third-order valence-corrected chi connectivity index (χ3v) is 4.35. The molecule has 4 aromatic rings. The molecule has 0 radical (unpaired) electrons. The summed E-state index contributed by atoms with van der Waals surface area (Å²) in [6.45, 7) is 6.30. The van der Waals surface area contributed by atoms with Crippen LogP contribution in [0.3, 0.4) is 0 Å². The van der Waals surface area contributed by atoms with Crippen molar-refractivity contribution in [3.63, 3.8) is 0 Å². The van der Waals surface area contributed by atoms with Gasteiger partial charge >= 0.3 is 6.09 Å². The second-order valence-electron chi connectivity index (χ2n) is 7.68. The van der Waals surface area contributed by atoms with Crippen molar-refractivity contribution in [2.24, 2.45) is 0 Å². The van der Waals surface area contributed by atoms with Crippen LogP contribution < -0.4 is 5.32 Å². The van der Waals surface area contributed by atoms with Crippen LogP contribution in [-0.2, 0) is 11.3 Å². The number of alkyl carbamates (subject to hydrolysis) is 1. The Kier molecular flexibility index (Phi) is 4.65. The molecule has 0 saturated carbocycles. The zero-order valence-electron chi connectivity index (χ0n) is 16.4. The summed E-state index contributed by atoms with van der Waals surface area (Å²) in [6, 6.07) is 1.45. The summed E-state index contributed by atoms with van der Waals surface area (Å²) in [5.41, 5.74) is 2.44. The Balaban J connectivity index is 1.64. The predicted octanol–water partition coefficient (Wildman–Crippen LogP) is 3.64. The van der Waals surface area contributed by atoms with E-state index in [9.17, 15) is 9.18 Å². The normalized spacial score (nSPS) is 11.9. The molecule has 4 aromatic heterocycles. The average molecular weight is 396 g/mol. The van der Waals surface area contributed by atoms with Crippen molar-refractivity contribution < 1.29 is 13.9 Å². The predicted molar refractivity (Wildman–Crippen MR) is 107 cm³/mol. The van der Waals surface area contributed by atoms with Crippen LogP contribution in [0.25, 0.3) is 33.2 Å². The molecule has 0 atom stereocenters. The Morgan fingerprint density at radius 2 is 2.07 bits per heavy atom. The SMILES string of the molecule is CC(C)(C)OC(=O)NCCn1cc(-c2c[nH]c3ncc(F)cc23)c2cncnc21. The number of H-pyrrole nitrogens is 1. The molecular formula is C20H21FN6O2. The van der Waals surface area contributed by atoms with Crippen LogP contribution in [0.4, 0.5) is 9.18 Å². The van der Waals surface area contributed by atoms with Gasteiger partial charge in [-0.1, -0.05) is 0 Å². The number of aromatic amines is 1. The Morgan fingerprint density at radius 3 is 2.86 bits per heavy atom. The third-order valence-electron chi connectivity index (χ3n) is 4.35. The van der Waals surface area contributed by atoms with Gasteiger partial charge in [0.05, 0.1) is 6.20 Å². The van der Waals surface area contributed by atoms with Crippen LogP contribution in [0.5, 0.6) is 0 Å². The topological polar surface area (TPSA) is 97.7 Å². The first-order valence-electron chi connectivity index (χ1n) is 9.20. The van der Waals surface area contributed by atoms with Crippen LogP contribution >= 0.6 is 0 Å². The fourth-order valence-electron chi connectivity index (χ4n) is 3.21. The minimum atomic E-state index is -0.552. The number of nitrogens with zero attached hydrogens (tertiary/aromatic N) is 4. The number of hydrogen-bond donors (Lipinski definition) is 2. The van der Waals surface area contributed by atoms with E-state index in [4.69, 9.17) is 4.74 Å². The average Bonchev–Trinajstić information content (AvgIpc) is 3.21. The Morgan fingerprint density at radius 1 is 1.24 bits per heavy atom. The van der Waals surface area contributed by atoms with Gasteiger partial charge < -0.3 is 19.6 Å². The number of pyridine rings is 1. The van der Waals surface area contributed by atoms with Crippen molar-refractivity contribution in [3.8, 4) is 11.1 Å². The van der Waals surface area contributed by atoms with Crippen molar-refractivity contribution in [2.75, 3.05) is 6.54 Å². The largest absolute Gasteiger partial charge is 0.444 e. The number of hydrogen-bond acceptors (Lipinski definition) is 5. The lowest BCUT2D eigenvalue weighted by Crippen LogP contribution is -2.34. The van der Waals surface area contributed by atoms with Gasteiger partial charge in [0.2, 0.25) is 0 Å². The molecule has 2 N–H and O–H groups in total. The van der Waals surface area contributed by atoms with Crippen LogP contribution in [0.15, 0.2) is 37.2 Å². The van der Waals surface area contributed by atoms with Gasteiger partial charge in [-0.05, 0) is 26.8 Å². The molecule has 0 aliphatic carbocycles. The third kappa shape index (κ3) is 3.89. The second-order valence-corrected chi connectivity index (χ2v) is 7.68. The highest BCUT2D eigenvalue weighted by molar-refractivity contribution is 6.02. The molecule has 0 unspecified atom stereocenters. The van der Waals surface area contributed by atoms with E-state index in [-0.39, 0.29) is 0 Å². The van der Waals surface area contributed by atoms with Gasteiger partial charge in [-0.2, -0.15) is 0 Å². The maximum absolute atomic E-state index is 13.7. The lowest BCUT2D eigenvalue weighted by molar-refractivity contribution is 0.0526. The van der Waals surface area contributed by atoms with Gasteiger partial charge in [0, 0.05) is 53.6 Å². The highest BCUT2D eigenvalue weighted by Crippen LogP contribution is 2.34. The standard InChI is InChI=1S/C20H21FN6O2/c1-20(2,3)29-19(28)23-4-5-27-10-16(15-8-22-11-26-18(15)27)14-9-25-17-13(14)6-12(21)7-24-17/h6-11H,4-5H2,1-3H3,(H,23,28)(H,24,25). The lowest BCUT2D eigenvalue weighted by Gasteiger charge is -2.19. The molecule has 29 heavy (non-hydrogen) atoms. The summed E-state index contributed by atoms with van der Waals surface area (Å²) in [4.78, 5) is 27.5. The second kappa shape index (κ2) is 7.16. The number of fused-ring (bicyclic) bond motifs is 2. The molecule has 9 heteroatoms. The first kappa shape index (κ1) is 18.9. The van der Waals surface area contributed by atoms with Crippen molar-refractivity contribution >= 4 is 28.2 Å². The van der Waals surface area contributed by atoms with Crippen molar-refractivity contribution in [3.05, 3.63) is 43.0 Å². The maximum Gasteiger partial charge on any atom is 0.407 e. The molecule has 1 amide bonds. The molecule has 0 aliphatic heterocycles. The minimum absolute atomic E-state index is 0.367. The van der Waals surface area contributed by atoms with E-state index in [2.05, 4.69) is 25.3 Å². The van der Waals surface area contributed by atoms with Gasteiger partial charge in [0.25, 0.3) is 0 Å². The molecule has 0 aromatic carbocycles. The van der Waals surface area contributed by atoms with Crippen LogP contribution in [-0.4, -0.2) is 42.7 Å². The van der Waals surface area contributed by atoms with E-state index in [0.717, 1.165) is 22.2 Å². The van der Waals surface area contributed by atoms with E-state index in [0.29, 0.717) is 24.1 Å². The number of ether oxygens (including phenoxy) is 1. The molecule has 150 valence electrons. The molecule has 0 spiro atoms.